The molecule has 0 aliphatic heterocycles. The first-order valence-corrected chi connectivity index (χ1v) is 6.85. The van der Waals surface area contributed by atoms with Crippen molar-refractivity contribution in [1.29, 1.82) is 0 Å². The molecule has 0 amide bonds. The standard InChI is InChI=1S/C6H10Br4/c7-5(8)3-1-2-4-6(9)10/h5-6H,1-4H2. The van der Waals surface area contributed by atoms with Gasteiger partial charge in [0.05, 0.1) is 7.47 Å². The van der Waals surface area contributed by atoms with Crippen molar-refractivity contribution in [2.24, 2.45) is 0 Å². The highest BCUT2D eigenvalue weighted by atomic mass is 79.9. The molecule has 0 N–H and O–H groups in total. The van der Waals surface area contributed by atoms with E-state index < -0.39 is 0 Å². The third-order valence-corrected chi connectivity index (χ3v) is 2.93. The second-order valence-corrected chi connectivity index (χ2v) is 8.95. The first-order chi connectivity index (χ1) is 4.63. The van der Waals surface area contributed by atoms with Gasteiger partial charge in [-0.25, -0.2) is 0 Å². The fourth-order valence-electron chi connectivity index (χ4n) is 0.597. The molecule has 0 fully saturated rings. The molecule has 0 saturated carbocycles. The van der Waals surface area contributed by atoms with E-state index in [4.69, 9.17) is 0 Å². The van der Waals surface area contributed by atoms with Gasteiger partial charge in [-0.3, -0.25) is 0 Å². The monoisotopic (exact) mass is 398 g/mol. The van der Waals surface area contributed by atoms with Crippen molar-refractivity contribution in [3.63, 3.8) is 0 Å². The Morgan fingerprint density at radius 1 is 0.700 bits per heavy atom. The normalized spacial score (nSPS) is 11.4. The first kappa shape index (κ1) is 11.9. The maximum absolute atomic E-state index is 3.43. The average Bonchev–Trinajstić information content (AvgIpc) is 1.79. The number of hydrogen-bond donors (Lipinski definition) is 0. The molecule has 0 spiro atoms. The van der Waals surface area contributed by atoms with Crippen LogP contribution in [-0.4, -0.2) is 7.47 Å². The zero-order valence-corrected chi connectivity index (χ0v) is 11.8. The molecule has 0 rings (SSSR count). The summed E-state index contributed by atoms with van der Waals surface area (Å²) in [7, 11) is 0. The molecule has 10 heavy (non-hydrogen) atoms. The van der Waals surface area contributed by atoms with E-state index >= 15 is 0 Å². The van der Waals surface area contributed by atoms with Gasteiger partial charge < -0.3 is 0 Å². The summed E-state index contributed by atoms with van der Waals surface area (Å²) < 4.78 is 0.980. The van der Waals surface area contributed by atoms with Crippen LogP contribution in [0.5, 0.6) is 0 Å². The van der Waals surface area contributed by atoms with Gasteiger partial charge in [-0.15, -0.1) is 0 Å². The minimum atomic E-state index is 0.490. The summed E-state index contributed by atoms with van der Waals surface area (Å²) in [5, 5.41) is 0. The maximum atomic E-state index is 3.43. The Hall–Kier alpha value is 1.92. The third kappa shape index (κ3) is 9.92. The summed E-state index contributed by atoms with van der Waals surface area (Å²) in [6.07, 6.45) is 4.95. The zero-order valence-electron chi connectivity index (χ0n) is 5.49. The van der Waals surface area contributed by atoms with Gasteiger partial charge in [0.2, 0.25) is 0 Å². The fourth-order valence-corrected chi connectivity index (χ4v) is 1.89. The molecule has 0 aromatic heterocycles. The van der Waals surface area contributed by atoms with Crippen molar-refractivity contribution in [3.8, 4) is 0 Å². The number of hydrogen-bond acceptors (Lipinski definition) is 0. The molecule has 0 nitrogen and oxygen atoms in total. The SMILES string of the molecule is BrC(Br)CCCCC(Br)Br. The largest absolute Gasteiger partial charge is 0.0765 e. The Balaban J connectivity index is 2.91. The van der Waals surface area contributed by atoms with Crippen LogP contribution in [0.3, 0.4) is 0 Å². The lowest BCUT2D eigenvalue weighted by atomic mass is 10.2. The van der Waals surface area contributed by atoms with Crippen molar-refractivity contribution in [2.75, 3.05) is 0 Å². The van der Waals surface area contributed by atoms with Crippen LogP contribution in [0.2, 0.25) is 0 Å². The van der Waals surface area contributed by atoms with Gasteiger partial charge in [0, 0.05) is 0 Å². The Kier molecular flexibility index (Phi) is 9.02. The molecule has 0 aromatic rings. The van der Waals surface area contributed by atoms with Crippen LogP contribution in [0, 0.1) is 0 Å². The first-order valence-electron chi connectivity index (χ1n) is 3.19. The van der Waals surface area contributed by atoms with Gasteiger partial charge in [-0.1, -0.05) is 76.6 Å². The molecular weight excluding hydrogens is 392 g/mol. The molecule has 0 aliphatic carbocycles. The molecule has 0 unspecified atom stereocenters. The van der Waals surface area contributed by atoms with E-state index in [1.165, 1.54) is 25.7 Å². The summed E-state index contributed by atoms with van der Waals surface area (Å²) in [4.78, 5) is 0. The molecule has 0 aromatic carbocycles. The van der Waals surface area contributed by atoms with Gasteiger partial charge >= 0.3 is 0 Å². The number of unbranched alkanes of at least 4 members (excludes halogenated alkanes) is 1. The van der Waals surface area contributed by atoms with Crippen LogP contribution in [0.4, 0.5) is 0 Å². The molecule has 0 atom stereocenters. The Morgan fingerprint density at radius 3 is 1.20 bits per heavy atom. The lowest BCUT2D eigenvalue weighted by molar-refractivity contribution is 0.700. The Labute approximate surface area is 96.0 Å². The minimum Gasteiger partial charge on any atom is -0.0765 e. The summed E-state index contributed by atoms with van der Waals surface area (Å²) in [6, 6.07) is 0. The van der Waals surface area contributed by atoms with Crippen LogP contribution in [-0.2, 0) is 0 Å². The topological polar surface area (TPSA) is 0 Å². The number of halogens is 4. The van der Waals surface area contributed by atoms with Crippen molar-refractivity contribution >= 4 is 63.7 Å². The van der Waals surface area contributed by atoms with Crippen molar-refractivity contribution in [1.82, 2.24) is 0 Å². The van der Waals surface area contributed by atoms with Crippen LogP contribution < -0.4 is 0 Å². The van der Waals surface area contributed by atoms with Crippen LogP contribution >= 0.6 is 63.7 Å². The highest BCUT2D eigenvalue weighted by Crippen LogP contribution is 2.20. The van der Waals surface area contributed by atoms with Gasteiger partial charge in [0.25, 0.3) is 0 Å². The Bertz CT molecular complexity index is 62.1. The molecule has 4 heteroatoms. The molecule has 0 aliphatic rings. The van der Waals surface area contributed by atoms with E-state index in [9.17, 15) is 0 Å². The highest BCUT2D eigenvalue weighted by molar-refractivity contribution is 9.25. The van der Waals surface area contributed by atoms with E-state index in [2.05, 4.69) is 63.7 Å². The van der Waals surface area contributed by atoms with Crippen molar-refractivity contribution in [3.05, 3.63) is 0 Å². The van der Waals surface area contributed by atoms with Gasteiger partial charge in [-0.2, -0.15) is 0 Å². The van der Waals surface area contributed by atoms with Gasteiger partial charge in [0.15, 0.2) is 0 Å². The molecule has 0 radical (unpaired) electrons. The van der Waals surface area contributed by atoms with Gasteiger partial charge in [0.1, 0.15) is 0 Å². The maximum Gasteiger partial charge on any atom is 0.0697 e. The Morgan fingerprint density at radius 2 is 1.00 bits per heavy atom. The summed E-state index contributed by atoms with van der Waals surface area (Å²) in [6.45, 7) is 0. The minimum absolute atomic E-state index is 0.490. The van der Waals surface area contributed by atoms with E-state index in [0.717, 1.165) is 0 Å². The second-order valence-electron chi connectivity index (χ2n) is 2.07. The lowest BCUT2D eigenvalue weighted by Crippen LogP contribution is -1.88. The predicted octanol–water partition coefficient (Wildman–Crippen LogP) is 4.78. The van der Waals surface area contributed by atoms with E-state index in [1.807, 2.05) is 0 Å². The summed E-state index contributed by atoms with van der Waals surface area (Å²) in [5.74, 6) is 0. The van der Waals surface area contributed by atoms with Gasteiger partial charge in [-0.05, 0) is 12.8 Å². The van der Waals surface area contributed by atoms with Crippen LogP contribution in [0.25, 0.3) is 0 Å². The van der Waals surface area contributed by atoms with E-state index in [-0.39, 0.29) is 0 Å². The van der Waals surface area contributed by atoms with Crippen molar-refractivity contribution in [2.45, 2.75) is 33.2 Å². The average molecular weight is 402 g/mol. The highest BCUT2D eigenvalue weighted by Gasteiger charge is 1.99. The predicted molar refractivity (Wildman–Crippen MR) is 61.8 cm³/mol. The van der Waals surface area contributed by atoms with Crippen molar-refractivity contribution < 1.29 is 0 Å². The molecule has 62 valence electrons. The van der Waals surface area contributed by atoms with E-state index in [0.29, 0.717) is 7.47 Å². The lowest BCUT2D eigenvalue weighted by Gasteiger charge is -2.01. The second kappa shape index (κ2) is 7.56. The molecule has 0 heterocycles. The van der Waals surface area contributed by atoms with E-state index in [1.54, 1.807) is 0 Å². The number of rotatable bonds is 5. The third-order valence-electron chi connectivity index (χ3n) is 1.09. The molecular formula is C6H10Br4. The smallest absolute Gasteiger partial charge is 0.0697 e. The van der Waals surface area contributed by atoms with Crippen LogP contribution in [0.1, 0.15) is 25.7 Å². The molecule has 0 saturated heterocycles. The van der Waals surface area contributed by atoms with Crippen LogP contribution in [0.15, 0.2) is 0 Å². The zero-order chi connectivity index (χ0) is 7.98. The fraction of sp³-hybridized carbons (Fsp3) is 1.00. The summed E-state index contributed by atoms with van der Waals surface area (Å²) in [5.41, 5.74) is 0. The molecule has 0 bridgehead atoms. The quantitative estimate of drug-likeness (QED) is 0.459. The number of alkyl halides is 4. The summed E-state index contributed by atoms with van der Waals surface area (Å²) >= 11 is 13.7.